The number of methoxy groups -OCH3 is 2. The maximum atomic E-state index is 13.6. The van der Waals surface area contributed by atoms with Crippen LogP contribution in [0.2, 0.25) is 0 Å². The van der Waals surface area contributed by atoms with Crippen LogP contribution in [0.1, 0.15) is 48.5 Å². The molecular weight excluding hydrogens is 446 g/mol. The van der Waals surface area contributed by atoms with Gasteiger partial charge < -0.3 is 15.2 Å². The number of nitriles is 1. The van der Waals surface area contributed by atoms with Crippen LogP contribution in [0.5, 0.6) is 11.5 Å². The second-order valence-electron chi connectivity index (χ2n) is 9.27. The predicted octanol–water partition coefficient (Wildman–Crippen LogP) is 3.18. The van der Waals surface area contributed by atoms with Gasteiger partial charge in [-0.15, -0.1) is 0 Å². The first kappa shape index (κ1) is 23.8. The third kappa shape index (κ3) is 4.30. The maximum Gasteiger partial charge on any atom is 0.271 e. The molecule has 1 aliphatic heterocycles. The van der Waals surface area contributed by atoms with E-state index in [4.69, 9.17) is 15.2 Å². The minimum Gasteiger partial charge on any atom is -0.497 e. The van der Waals surface area contributed by atoms with E-state index in [1.54, 1.807) is 36.5 Å². The van der Waals surface area contributed by atoms with Gasteiger partial charge >= 0.3 is 0 Å². The Hall–Kier alpha value is -4.32. The van der Waals surface area contributed by atoms with E-state index in [2.05, 4.69) is 16.5 Å². The van der Waals surface area contributed by atoms with Crippen LogP contribution in [0.15, 0.2) is 65.4 Å². The van der Waals surface area contributed by atoms with Gasteiger partial charge in [0.05, 0.1) is 43.0 Å². The van der Waals surface area contributed by atoms with Crippen LogP contribution in [-0.2, 0) is 4.79 Å². The van der Waals surface area contributed by atoms with Gasteiger partial charge in [0.15, 0.2) is 5.78 Å². The number of amides is 1. The van der Waals surface area contributed by atoms with Gasteiger partial charge in [-0.2, -0.15) is 5.26 Å². The average Bonchev–Trinajstić information content (AvgIpc) is 2.84. The molecule has 1 unspecified atom stereocenters. The zero-order valence-electron chi connectivity index (χ0n) is 20.1. The molecule has 1 aromatic heterocycles. The SMILES string of the molecule is COc1ccc(OC)c(C2C(C#N)=C(N)N(NC(=O)c3cccnc3)C3=C2C(=O)CC(C)(C)C3)c1. The van der Waals surface area contributed by atoms with Crippen molar-refractivity contribution in [2.45, 2.75) is 32.6 Å². The zero-order valence-corrected chi connectivity index (χ0v) is 20.1. The fraction of sp³-hybridized carbons (Fsp3) is 0.308. The molecule has 0 fully saturated rings. The monoisotopic (exact) mass is 473 g/mol. The van der Waals surface area contributed by atoms with E-state index in [-0.39, 0.29) is 29.0 Å². The number of ketones is 1. The highest BCUT2D eigenvalue weighted by Crippen LogP contribution is 2.50. The van der Waals surface area contributed by atoms with Crippen molar-refractivity contribution < 1.29 is 19.1 Å². The minimum absolute atomic E-state index is 0.0452. The number of rotatable bonds is 5. The summed E-state index contributed by atoms with van der Waals surface area (Å²) in [6.07, 6.45) is 3.75. The minimum atomic E-state index is -0.768. The number of ether oxygens (including phenoxy) is 2. The summed E-state index contributed by atoms with van der Waals surface area (Å²) < 4.78 is 11.0. The molecule has 9 nitrogen and oxygen atoms in total. The van der Waals surface area contributed by atoms with Gasteiger partial charge in [-0.25, -0.2) is 5.01 Å². The number of hydrogen-bond acceptors (Lipinski definition) is 8. The zero-order chi connectivity index (χ0) is 25.3. The van der Waals surface area contributed by atoms with E-state index >= 15 is 0 Å². The highest BCUT2D eigenvalue weighted by Gasteiger charge is 2.45. The predicted molar refractivity (Wildman–Crippen MR) is 128 cm³/mol. The largest absolute Gasteiger partial charge is 0.497 e. The number of allylic oxidation sites excluding steroid dienone is 3. The van der Waals surface area contributed by atoms with Crippen LogP contribution in [-0.4, -0.2) is 35.9 Å². The highest BCUT2D eigenvalue weighted by atomic mass is 16.5. The maximum absolute atomic E-state index is 13.6. The van der Waals surface area contributed by atoms with E-state index in [1.807, 2.05) is 13.8 Å². The Morgan fingerprint density at radius 3 is 2.66 bits per heavy atom. The topological polar surface area (TPSA) is 131 Å². The van der Waals surface area contributed by atoms with E-state index in [0.29, 0.717) is 40.3 Å². The molecule has 0 saturated heterocycles. The van der Waals surface area contributed by atoms with Crippen molar-refractivity contribution in [3.8, 4) is 17.6 Å². The molecule has 1 atom stereocenters. The molecule has 9 heteroatoms. The summed E-state index contributed by atoms with van der Waals surface area (Å²) in [6, 6.07) is 10.7. The molecule has 1 aromatic carbocycles. The average molecular weight is 474 g/mol. The van der Waals surface area contributed by atoms with E-state index in [0.717, 1.165) is 0 Å². The first-order chi connectivity index (χ1) is 16.7. The Bertz CT molecular complexity index is 1290. The van der Waals surface area contributed by atoms with E-state index in [9.17, 15) is 14.9 Å². The summed E-state index contributed by atoms with van der Waals surface area (Å²) in [5.74, 6) is -0.257. The lowest BCUT2D eigenvalue weighted by molar-refractivity contribution is -0.118. The van der Waals surface area contributed by atoms with Crippen molar-refractivity contribution in [3.63, 3.8) is 0 Å². The molecule has 0 saturated carbocycles. The lowest BCUT2D eigenvalue weighted by Gasteiger charge is -2.43. The number of hydrogen-bond donors (Lipinski definition) is 2. The van der Waals surface area contributed by atoms with Crippen LogP contribution < -0.4 is 20.6 Å². The Morgan fingerprint density at radius 2 is 2.03 bits per heavy atom. The second-order valence-corrected chi connectivity index (χ2v) is 9.27. The first-order valence-electron chi connectivity index (χ1n) is 11.1. The van der Waals surface area contributed by atoms with Gasteiger partial charge in [0.1, 0.15) is 17.3 Å². The quantitative estimate of drug-likeness (QED) is 0.677. The first-order valence-corrected chi connectivity index (χ1v) is 11.1. The van der Waals surface area contributed by atoms with Gasteiger partial charge in [0, 0.05) is 30.0 Å². The highest BCUT2D eigenvalue weighted by molar-refractivity contribution is 6.01. The van der Waals surface area contributed by atoms with Crippen LogP contribution in [0.3, 0.4) is 0 Å². The molecule has 4 rings (SSSR count). The van der Waals surface area contributed by atoms with Crippen molar-refractivity contribution in [1.82, 2.24) is 15.4 Å². The van der Waals surface area contributed by atoms with Crippen LogP contribution in [0.4, 0.5) is 0 Å². The van der Waals surface area contributed by atoms with Gasteiger partial charge in [-0.3, -0.25) is 20.0 Å². The fourth-order valence-corrected chi connectivity index (χ4v) is 4.68. The van der Waals surface area contributed by atoms with Gasteiger partial charge in [0.2, 0.25) is 0 Å². The number of aromatic nitrogens is 1. The summed E-state index contributed by atoms with van der Waals surface area (Å²) in [5, 5.41) is 11.6. The molecule has 35 heavy (non-hydrogen) atoms. The number of benzene rings is 1. The number of Topliss-reactive ketones (excluding diaryl/α,β-unsaturated/α-hetero) is 1. The Kier molecular flexibility index (Phi) is 6.22. The number of hydrazine groups is 1. The number of carbonyl (C=O) groups excluding carboxylic acids is 2. The Labute approximate surface area is 203 Å². The van der Waals surface area contributed by atoms with Gasteiger partial charge in [-0.1, -0.05) is 13.8 Å². The van der Waals surface area contributed by atoms with Crippen molar-refractivity contribution in [2.75, 3.05) is 14.2 Å². The molecule has 3 N–H and O–H groups in total. The summed E-state index contributed by atoms with van der Waals surface area (Å²) in [6.45, 7) is 3.97. The number of nitrogens with zero attached hydrogens (tertiary/aromatic N) is 3. The van der Waals surface area contributed by atoms with Crippen molar-refractivity contribution >= 4 is 11.7 Å². The number of carbonyl (C=O) groups is 2. The summed E-state index contributed by atoms with van der Waals surface area (Å²) >= 11 is 0. The van der Waals surface area contributed by atoms with Crippen LogP contribution in [0, 0.1) is 16.7 Å². The summed E-state index contributed by atoms with van der Waals surface area (Å²) in [4.78, 5) is 30.6. The molecule has 0 radical (unpaired) electrons. The molecule has 2 heterocycles. The standard InChI is InChI=1S/C26H27N5O4/c1-26(2)11-19-23(20(32)12-26)22(17-10-16(34-3)7-8-21(17)35-4)18(13-27)24(28)31(19)30-25(33)15-6-5-9-29-14-15/h5-10,14,22H,11-12,28H2,1-4H3,(H,30,33). The normalized spacial score (nSPS) is 19.1. The number of nitrogens with two attached hydrogens (primary N) is 1. The Morgan fingerprint density at radius 1 is 1.26 bits per heavy atom. The molecule has 180 valence electrons. The molecule has 2 aromatic rings. The van der Waals surface area contributed by atoms with Crippen LogP contribution in [0.25, 0.3) is 0 Å². The second kappa shape index (κ2) is 9.14. The summed E-state index contributed by atoms with van der Waals surface area (Å²) in [5.41, 5.74) is 10.9. The molecule has 2 aliphatic rings. The number of nitrogens with one attached hydrogen (secondary N) is 1. The van der Waals surface area contributed by atoms with Crippen molar-refractivity contribution in [2.24, 2.45) is 11.1 Å². The van der Waals surface area contributed by atoms with Gasteiger partial charge in [-0.05, 0) is 42.2 Å². The molecule has 0 bridgehead atoms. The van der Waals surface area contributed by atoms with Crippen molar-refractivity contribution in [3.05, 3.63) is 76.5 Å². The Balaban J connectivity index is 1.92. The smallest absolute Gasteiger partial charge is 0.271 e. The third-order valence-corrected chi connectivity index (χ3v) is 6.27. The summed E-state index contributed by atoms with van der Waals surface area (Å²) in [7, 11) is 3.06. The molecular formula is C26H27N5O4. The van der Waals surface area contributed by atoms with Crippen molar-refractivity contribution in [1.29, 1.82) is 5.26 Å². The molecule has 0 spiro atoms. The lowest BCUT2D eigenvalue weighted by atomic mass is 9.69. The molecule has 1 aliphatic carbocycles. The fourth-order valence-electron chi connectivity index (χ4n) is 4.68. The van der Waals surface area contributed by atoms with E-state index in [1.165, 1.54) is 25.4 Å². The lowest BCUT2D eigenvalue weighted by Crippen LogP contribution is -2.49. The van der Waals surface area contributed by atoms with Crippen LogP contribution >= 0.6 is 0 Å². The third-order valence-electron chi connectivity index (χ3n) is 6.27. The molecule has 1 amide bonds. The van der Waals surface area contributed by atoms with Gasteiger partial charge in [0.25, 0.3) is 5.91 Å². The van der Waals surface area contributed by atoms with E-state index < -0.39 is 11.8 Å². The number of pyridine rings is 1.